The molecule has 534 valence electrons. The van der Waals surface area contributed by atoms with E-state index in [1.54, 1.807) is 53.2 Å². The van der Waals surface area contributed by atoms with E-state index in [0.717, 1.165) is 123 Å². The molecule has 6 N–H and O–H groups in total. The van der Waals surface area contributed by atoms with E-state index in [4.69, 9.17) is 4.74 Å². The number of anilines is 6. The third-order valence-corrected chi connectivity index (χ3v) is 24.8. The second kappa shape index (κ2) is 28.4. The minimum Gasteiger partial charge on any atom is -0.379 e. The maximum absolute atomic E-state index is 12.9. The molecule has 28 nitrogen and oxygen atoms in total. The quantitative estimate of drug-likeness (QED) is 0.0520. The van der Waals surface area contributed by atoms with Crippen LogP contribution in [0.4, 0.5) is 34.1 Å². The molecule has 31 heteroatoms. The van der Waals surface area contributed by atoms with Crippen LogP contribution in [-0.2, 0) is 54.4 Å². The fraction of sp³-hybridized carbons (Fsp3) is 0.230. The van der Waals surface area contributed by atoms with Crippen LogP contribution in [-0.4, -0.2) is 151 Å². The van der Waals surface area contributed by atoms with Gasteiger partial charge in [0.2, 0.25) is 10.0 Å². The zero-order valence-corrected chi connectivity index (χ0v) is 59.0. The number of nitrogens with one attached hydrogen (secondary N) is 6. The van der Waals surface area contributed by atoms with Gasteiger partial charge in [0.15, 0.2) is 22.0 Å². The number of benzene rings is 4. The van der Waals surface area contributed by atoms with Crippen LogP contribution >= 0.6 is 0 Å². The van der Waals surface area contributed by atoms with Crippen molar-refractivity contribution in [3.63, 3.8) is 0 Å². The number of carbonyl (C=O) groups excluding carboxylic acids is 3. The van der Waals surface area contributed by atoms with Crippen molar-refractivity contribution in [1.29, 1.82) is 0 Å². The van der Waals surface area contributed by atoms with Crippen LogP contribution in [0.15, 0.2) is 198 Å². The first-order valence-electron chi connectivity index (χ1n) is 34.4. The fourth-order valence-corrected chi connectivity index (χ4v) is 18.1. The number of sulfonamides is 3. The summed E-state index contributed by atoms with van der Waals surface area (Å²) in [5, 5.41) is 18.3. The lowest BCUT2D eigenvalue weighted by Gasteiger charge is -2.25. The Morgan fingerprint density at radius 1 is 0.371 bits per heavy atom. The number of carbonyl (C=O) groups is 3. The molecule has 14 heterocycles. The van der Waals surface area contributed by atoms with Gasteiger partial charge < -0.3 is 36.6 Å². The van der Waals surface area contributed by atoms with E-state index in [1.165, 1.54) is 33.3 Å². The molecule has 0 atom stereocenters. The molecular formula is C74H70N18O10S3. The highest BCUT2D eigenvalue weighted by Gasteiger charge is 2.31. The van der Waals surface area contributed by atoms with Gasteiger partial charge >= 0.3 is 0 Å². The lowest BCUT2D eigenvalue weighted by atomic mass is 10.0. The van der Waals surface area contributed by atoms with Gasteiger partial charge in [-0.2, -0.15) is 12.9 Å². The Hall–Kier alpha value is -11.3. The molecule has 6 aliphatic rings. The highest BCUT2D eigenvalue weighted by atomic mass is 32.2. The summed E-state index contributed by atoms with van der Waals surface area (Å²) < 4.78 is 92.7. The molecule has 3 fully saturated rings. The molecule has 3 amide bonds. The molecule has 8 aromatic heterocycles. The number of amides is 3. The number of hydrogen-bond donors (Lipinski definition) is 6. The molecule has 0 radical (unpaired) electrons. The van der Waals surface area contributed by atoms with E-state index in [1.807, 2.05) is 123 Å². The summed E-state index contributed by atoms with van der Waals surface area (Å²) in [6, 6.07) is 39.3. The maximum Gasteiger partial charge on any atom is 0.278 e. The first-order valence-corrected chi connectivity index (χ1v) is 38.7. The number of morpholine rings is 1. The summed E-state index contributed by atoms with van der Waals surface area (Å²) in [5.41, 5.74) is 17.3. The lowest BCUT2D eigenvalue weighted by Crippen LogP contribution is -2.40. The monoisotopic (exact) mass is 1470 g/mol. The van der Waals surface area contributed by atoms with Gasteiger partial charge in [-0.3, -0.25) is 27.6 Å². The lowest BCUT2D eigenvalue weighted by molar-refractivity contribution is 0.0729. The molecule has 3 saturated heterocycles. The normalized spacial score (nSPS) is 16.3. The van der Waals surface area contributed by atoms with Crippen LogP contribution in [0.1, 0.15) is 86.3 Å². The van der Waals surface area contributed by atoms with Gasteiger partial charge in [-0.1, -0.05) is 31.0 Å². The molecule has 0 bridgehead atoms. The average molecular weight is 1470 g/mol. The minimum absolute atomic E-state index is 0.0100. The highest BCUT2D eigenvalue weighted by Crippen LogP contribution is 2.35. The Balaban J connectivity index is 0.000000121. The first-order chi connectivity index (χ1) is 51.0. The molecule has 12 aromatic rings. The van der Waals surface area contributed by atoms with Crippen LogP contribution in [0.5, 0.6) is 0 Å². The van der Waals surface area contributed by atoms with Crippen molar-refractivity contribution in [3.8, 4) is 33.8 Å². The van der Waals surface area contributed by atoms with Crippen molar-refractivity contribution in [2.24, 2.45) is 0 Å². The molecule has 105 heavy (non-hydrogen) atoms. The largest absolute Gasteiger partial charge is 0.379 e. The summed E-state index contributed by atoms with van der Waals surface area (Å²) in [5.74, 6) is -0.124. The van der Waals surface area contributed by atoms with Crippen molar-refractivity contribution < 1.29 is 44.4 Å². The number of hydrogen-bond acceptors (Lipinski definition) is 19. The third kappa shape index (κ3) is 13.5. The number of rotatable bonds is 15. The van der Waals surface area contributed by atoms with Crippen molar-refractivity contribution >= 4 is 98.9 Å². The maximum atomic E-state index is 12.9. The van der Waals surface area contributed by atoms with E-state index >= 15 is 0 Å². The average Bonchev–Trinajstić information content (AvgIpc) is 1.69. The molecule has 0 spiro atoms. The number of imidazole rings is 3. The molecule has 0 aliphatic carbocycles. The van der Waals surface area contributed by atoms with Crippen LogP contribution in [0.2, 0.25) is 0 Å². The summed E-state index contributed by atoms with van der Waals surface area (Å²) in [7, 11) is -10.8. The number of piperidine rings is 2. The number of ether oxygens (including phenoxy) is 1. The van der Waals surface area contributed by atoms with Gasteiger partial charge in [-0.25, -0.2) is 55.2 Å². The van der Waals surface area contributed by atoms with Crippen LogP contribution in [0.3, 0.4) is 0 Å². The van der Waals surface area contributed by atoms with Crippen molar-refractivity contribution in [3.05, 3.63) is 217 Å². The topological polar surface area (TPSA) is 335 Å². The minimum atomic E-state index is -3.68. The van der Waals surface area contributed by atoms with Crippen molar-refractivity contribution in [2.75, 3.05) is 68.4 Å². The molecule has 6 aliphatic heterocycles. The fourth-order valence-electron chi connectivity index (χ4n) is 13.9. The van der Waals surface area contributed by atoms with Gasteiger partial charge in [-0.15, -0.1) is 0 Å². The summed E-state index contributed by atoms with van der Waals surface area (Å²) in [4.78, 5) is 62.0. The highest BCUT2D eigenvalue weighted by molar-refractivity contribution is 7.89. The predicted molar refractivity (Wildman–Crippen MR) is 393 cm³/mol. The Morgan fingerprint density at radius 3 is 1.19 bits per heavy atom. The molecule has 0 saturated carbocycles. The Morgan fingerprint density at radius 2 is 0.762 bits per heavy atom. The number of nitrogens with zero attached hydrogens (tertiary/aromatic N) is 12. The number of aromatic nitrogens is 9. The Kier molecular flexibility index (Phi) is 18.4. The third-order valence-electron chi connectivity index (χ3n) is 19.4. The number of fused-ring (bicyclic) bond motifs is 6. The van der Waals surface area contributed by atoms with E-state index in [2.05, 4.69) is 61.8 Å². The van der Waals surface area contributed by atoms with Gasteiger partial charge in [0.05, 0.1) is 82.2 Å². The van der Waals surface area contributed by atoms with E-state index in [9.17, 15) is 39.6 Å². The van der Waals surface area contributed by atoms with E-state index in [0.29, 0.717) is 111 Å². The zero-order valence-electron chi connectivity index (χ0n) is 56.5. The first kappa shape index (κ1) is 68.1. The van der Waals surface area contributed by atoms with E-state index < -0.39 is 30.1 Å². The Bertz CT molecular complexity index is 5180. The standard InChI is InChI=1S/C26H25N5O3S.C24H23N7O3S.C24H22N6O4S/c32-26-22-9-4-18(16-19(22)17-28-26)24-11-10-23(25-27-12-15-31(24)25)29-20-5-7-21(8-6-20)35(33,34)30-13-2-1-3-14-30;32-23-19-5-4-16(12-17(19)13-26-23)21-7-6-20(22-25-8-11-31(21)22)29-18-14-27-24(28-15-18)35(33,34)30-9-2-1-3-10-30;31-24-19-3-1-16(13-17(19)14-27-24)21-5-4-20(23-25-7-8-30(21)23)28-18-2-6-22(26-15-18)35(32,33)29-9-11-34-12-10-29/h4-12,15-16,29H,1-3,13-14,17H2,(H,28,32);4-8,11-12,14-15,29H,1-3,9-10,13H2,(H,26,32);1-8,13,15,28H,9-12,14H2,(H,27,31). The molecular weight excluding hydrogens is 1400 g/mol. The zero-order chi connectivity index (χ0) is 72.0. The smallest absolute Gasteiger partial charge is 0.278 e. The summed E-state index contributed by atoms with van der Waals surface area (Å²) >= 11 is 0. The summed E-state index contributed by atoms with van der Waals surface area (Å²) in [6.45, 7) is 5.20. The molecule has 18 rings (SSSR count). The van der Waals surface area contributed by atoms with Gasteiger partial charge in [0.1, 0.15) is 0 Å². The second-order valence-corrected chi connectivity index (χ2v) is 31.6. The second-order valence-electron chi connectivity index (χ2n) is 25.9. The van der Waals surface area contributed by atoms with Gasteiger partial charge in [0, 0.05) is 118 Å². The SMILES string of the molecule is O=C1NCc2cc(-c3ccc(Nc4ccc(S(=O)(=O)N5CCCCC5)cc4)c4nccn34)ccc21.O=C1NCc2cc(-c3ccc(Nc4ccc(S(=O)(=O)N5CCOCC5)nc4)c4nccn34)ccc21.O=C1NCc2cc(-c3ccc(Nc4cnc(S(=O)(=O)N5CCCCC5)nc4)c4nccn34)ccc21. The van der Waals surface area contributed by atoms with Gasteiger partial charge in [0.25, 0.3) is 42.9 Å². The van der Waals surface area contributed by atoms with Crippen LogP contribution < -0.4 is 31.9 Å². The van der Waals surface area contributed by atoms with Gasteiger partial charge in [-0.05, 0) is 168 Å². The molecule has 0 unspecified atom stereocenters. The predicted octanol–water partition coefficient (Wildman–Crippen LogP) is 9.52. The Labute approximate surface area is 603 Å². The summed E-state index contributed by atoms with van der Waals surface area (Å²) in [6.07, 6.45) is 21.0. The molecule has 4 aromatic carbocycles. The van der Waals surface area contributed by atoms with Crippen LogP contribution in [0, 0.1) is 0 Å². The van der Waals surface area contributed by atoms with Crippen molar-refractivity contribution in [2.45, 2.75) is 73.2 Å². The number of pyridine rings is 4. The van der Waals surface area contributed by atoms with E-state index in [-0.39, 0.29) is 27.9 Å². The van der Waals surface area contributed by atoms with Crippen molar-refractivity contribution in [1.82, 2.24) is 72.0 Å². The van der Waals surface area contributed by atoms with Crippen LogP contribution in [0.25, 0.3) is 50.7 Å².